The Bertz CT molecular complexity index is 643. The minimum atomic E-state index is -0.699. The largest absolute Gasteiger partial charge is 0.489 e. The minimum absolute atomic E-state index is 0.0827. The summed E-state index contributed by atoms with van der Waals surface area (Å²) in [4.78, 5) is 0.242. The average molecular weight is 314 g/mol. The van der Waals surface area contributed by atoms with Crippen LogP contribution in [0.25, 0.3) is 0 Å². The molecule has 0 unspecified atom stereocenters. The molecular formula is C14H10ClF2NOS. The van der Waals surface area contributed by atoms with Crippen LogP contribution >= 0.6 is 23.8 Å². The van der Waals surface area contributed by atoms with Gasteiger partial charge >= 0.3 is 0 Å². The normalized spacial score (nSPS) is 10.3. The molecule has 0 aliphatic rings. The van der Waals surface area contributed by atoms with Crippen LogP contribution in [0.1, 0.15) is 11.1 Å². The first-order valence-electron chi connectivity index (χ1n) is 5.63. The molecule has 0 radical (unpaired) electrons. The first-order valence-corrected chi connectivity index (χ1v) is 6.41. The van der Waals surface area contributed by atoms with Gasteiger partial charge in [-0.2, -0.15) is 0 Å². The van der Waals surface area contributed by atoms with E-state index in [4.69, 9.17) is 34.3 Å². The predicted molar refractivity (Wildman–Crippen MR) is 78.0 cm³/mol. The molecule has 0 atom stereocenters. The second kappa shape index (κ2) is 6.15. The molecule has 20 heavy (non-hydrogen) atoms. The molecule has 2 nitrogen and oxygen atoms in total. The molecule has 0 bridgehead atoms. The lowest BCUT2D eigenvalue weighted by atomic mass is 10.1. The Morgan fingerprint density at radius 3 is 2.35 bits per heavy atom. The van der Waals surface area contributed by atoms with Crippen molar-refractivity contribution in [1.82, 2.24) is 0 Å². The van der Waals surface area contributed by atoms with Crippen molar-refractivity contribution in [2.24, 2.45) is 5.73 Å². The topological polar surface area (TPSA) is 35.2 Å². The lowest BCUT2D eigenvalue weighted by Crippen LogP contribution is -2.09. The Labute approximate surface area is 125 Å². The van der Waals surface area contributed by atoms with E-state index in [-0.39, 0.29) is 17.3 Å². The highest BCUT2D eigenvalue weighted by Gasteiger charge is 2.06. The molecule has 104 valence electrons. The Morgan fingerprint density at radius 1 is 1.15 bits per heavy atom. The van der Waals surface area contributed by atoms with Gasteiger partial charge in [0.15, 0.2) is 0 Å². The SMILES string of the molecule is NC(=S)c1ccc(COc2cc(F)cc(F)c2)c(Cl)c1. The predicted octanol–water partition coefficient (Wildman–Crippen LogP) is 3.83. The first kappa shape index (κ1) is 14.7. The van der Waals surface area contributed by atoms with Crippen LogP contribution in [0.15, 0.2) is 36.4 Å². The zero-order valence-corrected chi connectivity index (χ0v) is 11.8. The third kappa shape index (κ3) is 3.65. The van der Waals surface area contributed by atoms with E-state index >= 15 is 0 Å². The van der Waals surface area contributed by atoms with Crippen molar-refractivity contribution < 1.29 is 13.5 Å². The maximum Gasteiger partial charge on any atom is 0.129 e. The molecular weight excluding hydrogens is 304 g/mol. The summed E-state index contributed by atoms with van der Waals surface area (Å²) < 4.78 is 31.3. The highest BCUT2D eigenvalue weighted by Crippen LogP contribution is 2.21. The van der Waals surface area contributed by atoms with Gasteiger partial charge in [-0.25, -0.2) is 8.78 Å². The smallest absolute Gasteiger partial charge is 0.129 e. The molecule has 0 spiro atoms. The second-order valence-corrected chi connectivity index (χ2v) is 4.91. The van der Waals surface area contributed by atoms with Crippen molar-refractivity contribution in [3.8, 4) is 5.75 Å². The van der Waals surface area contributed by atoms with E-state index in [2.05, 4.69) is 0 Å². The van der Waals surface area contributed by atoms with Gasteiger partial charge in [-0.3, -0.25) is 0 Å². The molecule has 0 aromatic heterocycles. The molecule has 2 rings (SSSR count). The number of nitrogens with two attached hydrogens (primary N) is 1. The average Bonchev–Trinajstić information content (AvgIpc) is 2.36. The van der Waals surface area contributed by atoms with Gasteiger partial charge in [-0.05, 0) is 6.07 Å². The molecule has 0 saturated heterocycles. The molecule has 0 heterocycles. The zero-order chi connectivity index (χ0) is 14.7. The van der Waals surface area contributed by atoms with Crippen LogP contribution < -0.4 is 10.5 Å². The molecule has 0 saturated carbocycles. The minimum Gasteiger partial charge on any atom is -0.489 e. The molecule has 0 aliphatic heterocycles. The number of rotatable bonds is 4. The van der Waals surface area contributed by atoms with E-state index in [1.165, 1.54) is 0 Å². The summed E-state index contributed by atoms with van der Waals surface area (Å²) in [5.74, 6) is -1.30. The molecule has 0 fully saturated rings. The Morgan fingerprint density at radius 2 is 1.80 bits per heavy atom. The molecule has 2 aromatic carbocycles. The number of ether oxygens (including phenoxy) is 1. The second-order valence-electron chi connectivity index (χ2n) is 4.06. The van der Waals surface area contributed by atoms with Gasteiger partial charge in [-0.15, -0.1) is 0 Å². The van der Waals surface area contributed by atoms with E-state index in [0.717, 1.165) is 18.2 Å². The van der Waals surface area contributed by atoms with Crippen LogP contribution in [-0.2, 0) is 6.61 Å². The number of thiocarbonyl (C=S) groups is 1. The Hall–Kier alpha value is -1.72. The highest BCUT2D eigenvalue weighted by atomic mass is 35.5. The third-order valence-electron chi connectivity index (χ3n) is 2.57. The van der Waals surface area contributed by atoms with E-state index in [9.17, 15) is 8.78 Å². The fraction of sp³-hybridized carbons (Fsp3) is 0.0714. The summed E-state index contributed by atoms with van der Waals surface area (Å²) in [7, 11) is 0. The maximum atomic E-state index is 13.0. The summed E-state index contributed by atoms with van der Waals surface area (Å²) in [5.41, 5.74) is 6.80. The van der Waals surface area contributed by atoms with Crippen LogP contribution in [0.2, 0.25) is 5.02 Å². The Kier molecular flexibility index (Phi) is 4.52. The van der Waals surface area contributed by atoms with Crippen molar-refractivity contribution in [2.45, 2.75) is 6.61 Å². The number of benzene rings is 2. The van der Waals surface area contributed by atoms with Crippen molar-refractivity contribution in [3.05, 3.63) is 64.2 Å². The molecule has 2 N–H and O–H groups in total. The van der Waals surface area contributed by atoms with E-state index in [1.807, 2.05) is 0 Å². The van der Waals surface area contributed by atoms with E-state index < -0.39 is 11.6 Å². The highest BCUT2D eigenvalue weighted by molar-refractivity contribution is 7.80. The number of hydrogen-bond acceptors (Lipinski definition) is 2. The summed E-state index contributed by atoms with van der Waals surface area (Å²) >= 11 is 10.9. The molecule has 0 amide bonds. The monoisotopic (exact) mass is 313 g/mol. The zero-order valence-electron chi connectivity index (χ0n) is 10.2. The summed E-state index contributed by atoms with van der Waals surface area (Å²) in [6.07, 6.45) is 0. The van der Waals surface area contributed by atoms with Gasteiger partial charge in [0.2, 0.25) is 0 Å². The standard InChI is InChI=1S/C14H10ClF2NOS/c15-13-3-8(14(18)20)1-2-9(13)7-19-12-5-10(16)4-11(17)6-12/h1-6H,7H2,(H2,18,20). The van der Waals surface area contributed by atoms with Gasteiger partial charge in [0.25, 0.3) is 0 Å². The quantitative estimate of drug-likeness (QED) is 0.871. The lowest BCUT2D eigenvalue weighted by Gasteiger charge is -2.09. The Balaban J connectivity index is 2.12. The van der Waals surface area contributed by atoms with Crippen molar-refractivity contribution >= 4 is 28.8 Å². The van der Waals surface area contributed by atoms with Crippen molar-refractivity contribution in [2.75, 3.05) is 0 Å². The van der Waals surface area contributed by atoms with Gasteiger partial charge in [0, 0.05) is 34.3 Å². The fourth-order valence-corrected chi connectivity index (χ4v) is 1.95. The van der Waals surface area contributed by atoms with Gasteiger partial charge in [0.05, 0.1) is 0 Å². The molecule has 2 aromatic rings. The summed E-state index contributed by atoms with van der Waals surface area (Å²) in [6, 6.07) is 8.00. The fourth-order valence-electron chi connectivity index (χ4n) is 1.59. The lowest BCUT2D eigenvalue weighted by molar-refractivity contribution is 0.303. The van der Waals surface area contributed by atoms with Crippen LogP contribution in [0.5, 0.6) is 5.75 Å². The number of hydrogen-bond donors (Lipinski definition) is 1. The van der Waals surface area contributed by atoms with E-state index in [0.29, 0.717) is 16.1 Å². The molecule has 0 aliphatic carbocycles. The van der Waals surface area contributed by atoms with Gasteiger partial charge < -0.3 is 10.5 Å². The summed E-state index contributed by atoms with van der Waals surface area (Å²) in [5, 5.41) is 0.423. The molecule has 6 heteroatoms. The van der Waals surface area contributed by atoms with Crippen LogP contribution in [-0.4, -0.2) is 4.99 Å². The third-order valence-corrected chi connectivity index (χ3v) is 3.16. The van der Waals surface area contributed by atoms with Gasteiger partial charge in [0.1, 0.15) is 29.0 Å². The first-order chi connectivity index (χ1) is 9.45. The van der Waals surface area contributed by atoms with Crippen LogP contribution in [0, 0.1) is 11.6 Å². The van der Waals surface area contributed by atoms with Gasteiger partial charge in [-0.1, -0.05) is 36.0 Å². The van der Waals surface area contributed by atoms with Crippen LogP contribution in [0.3, 0.4) is 0 Å². The van der Waals surface area contributed by atoms with Crippen LogP contribution in [0.4, 0.5) is 8.78 Å². The van der Waals surface area contributed by atoms with E-state index in [1.54, 1.807) is 18.2 Å². The maximum absolute atomic E-state index is 13.0. The number of halogens is 3. The van der Waals surface area contributed by atoms with Crippen molar-refractivity contribution in [3.63, 3.8) is 0 Å². The van der Waals surface area contributed by atoms with Crippen molar-refractivity contribution in [1.29, 1.82) is 0 Å². The summed E-state index contributed by atoms with van der Waals surface area (Å²) in [6.45, 7) is 0.0827.